The molecule has 2 heterocycles. The third-order valence-corrected chi connectivity index (χ3v) is 2.65. The molecule has 0 spiro atoms. The second-order valence-corrected chi connectivity index (χ2v) is 4.05. The highest BCUT2D eigenvalue weighted by Gasteiger charge is 2.25. The van der Waals surface area contributed by atoms with Crippen LogP contribution in [0.2, 0.25) is 0 Å². The number of aromatic nitrogens is 2. The molecule has 3 rings (SSSR count). The summed E-state index contributed by atoms with van der Waals surface area (Å²) in [4.78, 5) is 10.7. The van der Waals surface area contributed by atoms with Gasteiger partial charge < -0.3 is 14.2 Å². The first-order chi connectivity index (χ1) is 9.31. The highest BCUT2D eigenvalue weighted by molar-refractivity contribution is 5.61. The average molecular weight is 260 g/mol. The number of cyclic esters (lactones) is 2. The summed E-state index contributed by atoms with van der Waals surface area (Å²) in [6, 6.07) is 11.5. The molecule has 0 aliphatic carbocycles. The van der Waals surface area contributed by atoms with Crippen LogP contribution in [0.5, 0.6) is 5.88 Å². The zero-order valence-electron chi connectivity index (χ0n) is 10.1. The second kappa shape index (κ2) is 5.01. The van der Waals surface area contributed by atoms with Gasteiger partial charge in [-0.05, 0) is 12.1 Å². The summed E-state index contributed by atoms with van der Waals surface area (Å²) in [6.45, 7) is 0.454. The fourth-order valence-electron chi connectivity index (χ4n) is 1.73. The van der Waals surface area contributed by atoms with Crippen molar-refractivity contribution in [3.05, 3.63) is 42.6 Å². The van der Waals surface area contributed by atoms with Crippen molar-refractivity contribution in [2.45, 2.75) is 6.10 Å². The summed E-state index contributed by atoms with van der Waals surface area (Å²) in [5, 5.41) is 4.27. The van der Waals surface area contributed by atoms with E-state index in [0.29, 0.717) is 5.88 Å². The van der Waals surface area contributed by atoms with Crippen molar-refractivity contribution < 1.29 is 19.0 Å². The number of benzene rings is 1. The first kappa shape index (κ1) is 11.6. The number of para-hydroxylation sites is 1. The van der Waals surface area contributed by atoms with Gasteiger partial charge in [0.25, 0.3) is 0 Å². The molecule has 0 unspecified atom stereocenters. The van der Waals surface area contributed by atoms with Crippen molar-refractivity contribution in [3.8, 4) is 11.6 Å². The maximum absolute atomic E-state index is 10.7. The van der Waals surface area contributed by atoms with Crippen molar-refractivity contribution in [1.29, 1.82) is 0 Å². The fraction of sp³-hybridized carbons (Fsp3) is 0.231. The van der Waals surface area contributed by atoms with Crippen LogP contribution in [0.3, 0.4) is 0 Å². The smallest absolute Gasteiger partial charge is 0.473 e. The van der Waals surface area contributed by atoms with Crippen LogP contribution < -0.4 is 4.74 Å². The summed E-state index contributed by atoms with van der Waals surface area (Å²) >= 11 is 0. The Morgan fingerprint density at radius 1 is 1.32 bits per heavy atom. The van der Waals surface area contributed by atoms with Gasteiger partial charge in [-0.1, -0.05) is 18.2 Å². The van der Waals surface area contributed by atoms with Crippen LogP contribution in [0.4, 0.5) is 4.79 Å². The van der Waals surface area contributed by atoms with Gasteiger partial charge in [0.15, 0.2) is 6.10 Å². The Morgan fingerprint density at radius 2 is 2.16 bits per heavy atom. The third-order valence-electron chi connectivity index (χ3n) is 2.65. The Bertz CT molecular complexity index is 567. The van der Waals surface area contributed by atoms with Crippen molar-refractivity contribution in [1.82, 2.24) is 9.78 Å². The molecule has 1 aromatic heterocycles. The van der Waals surface area contributed by atoms with Gasteiger partial charge in [0, 0.05) is 12.3 Å². The van der Waals surface area contributed by atoms with Crippen LogP contribution in [-0.4, -0.2) is 35.3 Å². The first-order valence-corrected chi connectivity index (χ1v) is 5.88. The molecule has 0 saturated carbocycles. The molecule has 6 nitrogen and oxygen atoms in total. The molecule has 1 aliphatic heterocycles. The van der Waals surface area contributed by atoms with E-state index in [2.05, 4.69) is 9.84 Å². The van der Waals surface area contributed by atoms with Crippen LogP contribution >= 0.6 is 0 Å². The predicted molar refractivity (Wildman–Crippen MR) is 65.3 cm³/mol. The lowest BCUT2D eigenvalue weighted by molar-refractivity contribution is 0.0970. The zero-order chi connectivity index (χ0) is 13.1. The molecule has 2 aromatic rings. The van der Waals surface area contributed by atoms with E-state index in [1.54, 1.807) is 10.7 Å². The number of hydrogen-bond donors (Lipinski definition) is 0. The number of rotatable bonds is 4. The van der Waals surface area contributed by atoms with Gasteiger partial charge in [0.1, 0.15) is 13.2 Å². The minimum Gasteiger partial charge on any atom is -0.473 e. The first-order valence-electron chi connectivity index (χ1n) is 5.88. The van der Waals surface area contributed by atoms with Gasteiger partial charge in [0.2, 0.25) is 5.88 Å². The summed E-state index contributed by atoms with van der Waals surface area (Å²) in [7, 11) is 0. The molecule has 1 aliphatic rings. The quantitative estimate of drug-likeness (QED) is 0.784. The van der Waals surface area contributed by atoms with Crippen molar-refractivity contribution in [3.63, 3.8) is 0 Å². The van der Waals surface area contributed by atoms with Crippen molar-refractivity contribution in [2.75, 3.05) is 13.2 Å². The molecule has 1 fully saturated rings. The predicted octanol–water partition coefficient (Wildman–Crippen LogP) is 1.79. The topological polar surface area (TPSA) is 62.6 Å². The molecule has 1 atom stereocenters. The normalized spacial score (nSPS) is 17.9. The maximum atomic E-state index is 10.7. The van der Waals surface area contributed by atoms with E-state index in [0.717, 1.165) is 5.69 Å². The van der Waals surface area contributed by atoms with Gasteiger partial charge in [-0.2, -0.15) is 0 Å². The van der Waals surface area contributed by atoms with Gasteiger partial charge in [-0.15, -0.1) is 5.10 Å². The molecule has 0 N–H and O–H groups in total. The molecule has 98 valence electrons. The van der Waals surface area contributed by atoms with Crippen LogP contribution in [0, 0.1) is 0 Å². The van der Waals surface area contributed by atoms with E-state index >= 15 is 0 Å². The minimum absolute atomic E-state index is 0.220. The van der Waals surface area contributed by atoms with Crippen LogP contribution in [0.1, 0.15) is 0 Å². The van der Waals surface area contributed by atoms with E-state index in [-0.39, 0.29) is 19.3 Å². The summed E-state index contributed by atoms with van der Waals surface area (Å²) in [6.07, 6.45) is 0.791. The summed E-state index contributed by atoms with van der Waals surface area (Å²) in [5.74, 6) is 0.479. The van der Waals surface area contributed by atoms with Crippen molar-refractivity contribution >= 4 is 6.16 Å². The lowest BCUT2D eigenvalue weighted by Crippen LogP contribution is -2.20. The summed E-state index contributed by atoms with van der Waals surface area (Å²) < 4.78 is 16.7. The number of ether oxygens (including phenoxy) is 3. The molecular weight excluding hydrogens is 248 g/mol. The Morgan fingerprint density at radius 3 is 2.89 bits per heavy atom. The van der Waals surface area contributed by atoms with Gasteiger partial charge in [-0.3, -0.25) is 0 Å². The van der Waals surface area contributed by atoms with E-state index < -0.39 is 6.16 Å². The van der Waals surface area contributed by atoms with Crippen LogP contribution in [-0.2, 0) is 9.47 Å². The van der Waals surface area contributed by atoms with E-state index in [1.165, 1.54) is 0 Å². The lowest BCUT2D eigenvalue weighted by atomic mass is 10.3. The van der Waals surface area contributed by atoms with Crippen LogP contribution in [0.25, 0.3) is 5.69 Å². The fourth-order valence-corrected chi connectivity index (χ4v) is 1.73. The molecular formula is C13H12N2O4. The molecule has 19 heavy (non-hydrogen) atoms. The number of nitrogens with zero attached hydrogens (tertiary/aromatic N) is 2. The van der Waals surface area contributed by atoms with Gasteiger partial charge in [0.05, 0.1) is 5.69 Å². The molecule has 0 amide bonds. The summed E-state index contributed by atoms with van der Waals surface area (Å²) in [5.41, 5.74) is 0.952. The molecule has 1 saturated heterocycles. The van der Waals surface area contributed by atoms with E-state index in [1.807, 2.05) is 36.5 Å². The standard InChI is InChI=1S/C13H12N2O4/c16-13-18-9-11(19-13)8-17-12-6-7-15(14-12)10-4-2-1-3-5-10/h1-7,11H,8-9H2/t11-/m1/s1. The minimum atomic E-state index is -0.650. The van der Waals surface area contributed by atoms with Gasteiger partial charge >= 0.3 is 6.16 Å². The largest absolute Gasteiger partial charge is 0.508 e. The highest BCUT2D eigenvalue weighted by Crippen LogP contribution is 2.13. The van der Waals surface area contributed by atoms with E-state index in [4.69, 9.17) is 9.47 Å². The molecule has 0 radical (unpaired) electrons. The van der Waals surface area contributed by atoms with E-state index in [9.17, 15) is 4.79 Å². The number of carbonyl (C=O) groups excluding carboxylic acids is 1. The monoisotopic (exact) mass is 260 g/mol. The van der Waals surface area contributed by atoms with Crippen LogP contribution in [0.15, 0.2) is 42.6 Å². The average Bonchev–Trinajstić information content (AvgIpc) is 3.06. The SMILES string of the molecule is O=C1OC[C@@H](COc2ccn(-c3ccccc3)n2)O1. The molecule has 6 heteroatoms. The lowest BCUT2D eigenvalue weighted by Gasteiger charge is -2.06. The second-order valence-electron chi connectivity index (χ2n) is 4.05. The Kier molecular flexibility index (Phi) is 3.06. The Labute approximate surface area is 109 Å². The number of hydrogen-bond acceptors (Lipinski definition) is 5. The Hall–Kier alpha value is -2.50. The third kappa shape index (κ3) is 2.67. The van der Waals surface area contributed by atoms with Crippen molar-refractivity contribution in [2.24, 2.45) is 0 Å². The molecule has 1 aromatic carbocycles. The Balaban J connectivity index is 1.61. The maximum Gasteiger partial charge on any atom is 0.508 e. The highest BCUT2D eigenvalue weighted by atomic mass is 16.8. The zero-order valence-corrected chi connectivity index (χ0v) is 10.1. The number of carbonyl (C=O) groups is 1. The molecule has 0 bridgehead atoms. The van der Waals surface area contributed by atoms with Gasteiger partial charge in [-0.25, -0.2) is 9.48 Å².